The van der Waals surface area contributed by atoms with Gasteiger partial charge in [-0.15, -0.1) is 11.3 Å². The summed E-state index contributed by atoms with van der Waals surface area (Å²) in [6.07, 6.45) is 1.11. The lowest BCUT2D eigenvalue weighted by atomic mass is 9.82. The van der Waals surface area contributed by atoms with E-state index >= 15 is 0 Å². The van der Waals surface area contributed by atoms with E-state index in [1.807, 2.05) is 6.07 Å². The summed E-state index contributed by atoms with van der Waals surface area (Å²) in [5.41, 5.74) is 1.21. The predicted octanol–water partition coefficient (Wildman–Crippen LogP) is 3.75. The number of nitrogens with one attached hydrogen (secondary N) is 1. The van der Waals surface area contributed by atoms with E-state index in [4.69, 9.17) is 0 Å². The molecule has 1 nitrogen and oxygen atoms in total. The van der Waals surface area contributed by atoms with Gasteiger partial charge in [0.15, 0.2) is 0 Å². The molecule has 1 aromatic carbocycles. The first-order valence-corrected chi connectivity index (χ1v) is 7.01. The number of hydrogen-bond acceptors (Lipinski definition) is 2. The van der Waals surface area contributed by atoms with E-state index in [-0.39, 0.29) is 5.82 Å². The fraction of sp³-hybridized carbons (Fsp3) is 0.429. The van der Waals surface area contributed by atoms with E-state index in [9.17, 15) is 4.39 Å². The van der Waals surface area contributed by atoms with Crippen LogP contribution in [-0.2, 0) is 0 Å². The van der Waals surface area contributed by atoms with Crippen molar-refractivity contribution in [1.82, 2.24) is 5.32 Å². The van der Waals surface area contributed by atoms with Crippen LogP contribution in [0.5, 0.6) is 0 Å². The molecule has 1 fully saturated rings. The fourth-order valence-electron chi connectivity index (χ4n) is 2.82. The first-order chi connectivity index (χ1) is 8.25. The SMILES string of the molecule is CC1CNCCC1c1cc(F)cc2ccsc12. The summed E-state index contributed by atoms with van der Waals surface area (Å²) >= 11 is 1.73. The Morgan fingerprint density at radius 1 is 1.41 bits per heavy atom. The van der Waals surface area contributed by atoms with Crippen LogP contribution < -0.4 is 5.32 Å². The van der Waals surface area contributed by atoms with Crippen molar-refractivity contribution in [3.63, 3.8) is 0 Å². The molecule has 0 amide bonds. The van der Waals surface area contributed by atoms with Crippen LogP contribution in [0.1, 0.15) is 24.8 Å². The standard InChI is InChI=1S/C14H16FNS/c1-9-8-16-4-2-12(9)13-7-11(15)6-10-3-5-17-14(10)13/h3,5-7,9,12,16H,2,4,8H2,1H3. The average Bonchev–Trinajstić information content (AvgIpc) is 2.76. The number of halogens is 1. The van der Waals surface area contributed by atoms with E-state index in [0.29, 0.717) is 11.8 Å². The van der Waals surface area contributed by atoms with Crippen LogP contribution in [0.3, 0.4) is 0 Å². The minimum Gasteiger partial charge on any atom is -0.316 e. The molecule has 1 aliphatic rings. The van der Waals surface area contributed by atoms with E-state index in [1.54, 1.807) is 23.5 Å². The van der Waals surface area contributed by atoms with Gasteiger partial charge in [0.05, 0.1) is 0 Å². The van der Waals surface area contributed by atoms with Gasteiger partial charge in [-0.2, -0.15) is 0 Å². The van der Waals surface area contributed by atoms with Crippen molar-refractivity contribution < 1.29 is 4.39 Å². The van der Waals surface area contributed by atoms with Gasteiger partial charge in [-0.25, -0.2) is 4.39 Å². The van der Waals surface area contributed by atoms with Crippen LogP contribution in [0.15, 0.2) is 23.6 Å². The summed E-state index contributed by atoms with van der Waals surface area (Å²) in [6, 6.07) is 5.39. The molecule has 1 N–H and O–H groups in total. The first-order valence-electron chi connectivity index (χ1n) is 6.13. The fourth-order valence-corrected chi connectivity index (χ4v) is 3.78. The summed E-state index contributed by atoms with van der Waals surface area (Å²) in [5.74, 6) is 0.973. The molecule has 0 aliphatic carbocycles. The number of benzene rings is 1. The van der Waals surface area contributed by atoms with E-state index < -0.39 is 0 Å². The van der Waals surface area contributed by atoms with Crippen molar-refractivity contribution in [3.05, 3.63) is 35.0 Å². The summed E-state index contributed by atoms with van der Waals surface area (Å²) in [5, 5.41) is 6.51. The van der Waals surface area contributed by atoms with E-state index in [2.05, 4.69) is 17.6 Å². The summed E-state index contributed by atoms with van der Waals surface area (Å²) < 4.78 is 14.9. The van der Waals surface area contributed by atoms with Gasteiger partial charge in [-0.05, 0) is 65.9 Å². The summed E-state index contributed by atoms with van der Waals surface area (Å²) in [4.78, 5) is 0. The zero-order chi connectivity index (χ0) is 11.8. The lowest BCUT2D eigenvalue weighted by Gasteiger charge is -2.30. The smallest absolute Gasteiger partial charge is 0.124 e. The van der Waals surface area contributed by atoms with Crippen LogP contribution >= 0.6 is 11.3 Å². The topological polar surface area (TPSA) is 12.0 Å². The number of piperidine rings is 1. The molecule has 17 heavy (non-hydrogen) atoms. The average molecular weight is 249 g/mol. The maximum atomic E-state index is 13.6. The summed E-state index contributed by atoms with van der Waals surface area (Å²) in [7, 11) is 0. The molecule has 1 aliphatic heterocycles. The highest BCUT2D eigenvalue weighted by Gasteiger charge is 2.25. The minimum absolute atomic E-state index is 0.100. The third kappa shape index (κ3) is 1.98. The molecule has 0 saturated carbocycles. The van der Waals surface area contributed by atoms with Crippen LogP contribution in [-0.4, -0.2) is 13.1 Å². The predicted molar refractivity (Wildman–Crippen MR) is 71.2 cm³/mol. The Morgan fingerprint density at radius 3 is 3.12 bits per heavy atom. The van der Waals surface area contributed by atoms with Gasteiger partial charge in [0, 0.05) is 4.70 Å². The van der Waals surface area contributed by atoms with Crippen LogP contribution in [0.25, 0.3) is 10.1 Å². The van der Waals surface area contributed by atoms with Gasteiger partial charge < -0.3 is 5.32 Å². The molecule has 2 atom stereocenters. The Hall–Kier alpha value is -0.930. The Balaban J connectivity index is 2.11. The number of rotatable bonds is 1. The van der Waals surface area contributed by atoms with Crippen molar-refractivity contribution in [3.8, 4) is 0 Å². The van der Waals surface area contributed by atoms with Gasteiger partial charge in [0.2, 0.25) is 0 Å². The van der Waals surface area contributed by atoms with E-state index in [1.165, 1.54) is 10.3 Å². The lowest BCUT2D eigenvalue weighted by molar-refractivity contribution is 0.350. The zero-order valence-electron chi connectivity index (χ0n) is 9.87. The van der Waals surface area contributed by atoms with Crippen molar-refractivity contribution in [2.45, 2.75) is 19.3 Å². The molecule has 0 radical (unpaired) electrons. The Bertz CT molecular complexity index is 534. The first kappa shape index (κ1) is 11.2. The molecule has 2 aromatic rings. The Kier molecular flexibility index (Phi) is 2.89. The normalized spacial score (nSPS) is 25.3. The molecule has 3 heteroatoms. The minimum atomic E-state index is -0.100. The van der Waals surface area contributed by atoms with Crippen molar-refractivity contribution in [2.75, 3.05) is 13.1 Å². The van der Waals surface area contributed by atoms with Crippen molar-refractivity contribution in [2.24, 2.45) is 5.92 Å². The molecular formula is C14H16FNS. The molecule has 0 bridgehead atoms. The van der Waals surface area contributed by atoms with Gasteiger partial charge in [-0.3, -0.25) is 0 Å². The second-order valence-corrected chi connectivity index (χ2v) is 5.83. The largest absolute Gasteiger partial charge is 0.316 e. The second-order valence-electron chi connectivity index (χ2n) is 4.91. The molecule has 0 spiro atoms. The lowest BCUT2D eigenvalue weighted by Crippen LogP contribution is -2.33. The highest BCUT2D eigenvalue weighted by molar-refractivity contribution is 7.17. The van der Waals surface area contributed by atoms with Crippen LogP contribution in [0.4, 0.5) is 4.39 Å². The van der Waals surface area contributed by atoms with Crippen LogP contribution in [0, 0.1) is 11.7 Å². The van der Waals surface area contributed by atoms with Gasteiger partial charge in [0.25, 0.3) is 0 Å². The third-order valence-electron chi connectivity index (χ3n) is 3.73. The van der Waals surface area contributed by atoms with Gasteiger partial charge in [-0.1, -0.05) is 6.92 Å². The summed E-state index contributed by atoms with van der Waals surface area (Å²) in [6.45, 7) is 4.33. The Morgan fingerprint density at radius 2 is 2.29 bits per heavy atom. The number of thiophene rings is 1. The second kappa shape index (κ2) is 4.39. The molecule has 2 heterocycles. The maximum absolute atomic E-state index is 13.6. The highest BCUT2D eigenvalue weighted by atomic mass is 32.1. The molecule has 1 aromatic heterocycles. The molecule has 1 saturated heterocycles. The van der Waals surface area contributed by atoms with Gasteiger partial charge in [0.1, 0.15) is 5.82 Å². The van der Waals surface area contributed by atoms with Crippen LogP contribution in [0.2, 0.25) is 0 Å². The van der Waals surface area contributed by atoms with Crippen molar-refractivity contribution >= 4 is 21.4 Å². The molecular weight excluding hydrogens is 233 g/mol. The maximum Gasteiger partial charge on any atom is 0.124 e. The quantitative estimate of drug-likeness (QED) is 0.811. The zero-order valence-corrected chi connectivity index (χ0v) is 10.7. The van der Waals surface area contributed by atoms with E-state index in [0.717, 1.165) is 24.9 Å². The Labute approximate surface area is 105 Å². The molecule has 3 rings (SSSR count). The number of hydrogen-bond donors (Lipinski definition) is 1. The van der Waals surface area contributed by atoms with Crippen molar-refractivity contribution in [1.29, 1.82) is 0 Å². The monoisotopic (exact) mass is 249 g/mol. The molecule has 2 unspecified atom stereocenters. The van der Waals surface area contributed by atoms with Gasteiger partial charge >= 0.3 is 0 Å². The number of fused-ring (bicyclic) bond motifs is 1. The molecule has 90 valence electrons. The highest BCUT2D eigenvalue weighted by Crippen LogP contribution is 2.37. The third-order valence-corrected chi connectivity index (χ3v) is 4.71.